The van der Waals surface area contributed by atoms with Crippen molar-refractivity contribution in [2.45, 2.75) is 44.9 Å². The fourth-order valence-corrected chi connectivity index (χ4v) is 3.50. The van der Waals surface area contributed by atoms with E-state index in [0.29, 0.717) is 6.54 Å². The third kappa shape index (κ3) is 7.70. The third-order valence-corrected chi connectivity index (χ3v) is 5.06. The van der Waals surface area contributed by atoms with Crippen LogP contribution in [-0.2, 0) is 24.2 Å². The van der Waals surface area contributed by atoms with Crippen molar-refractivity contribution in [2.75, 3.05) is 18.0 Å². The maximum atomic E-state index is 14.1. The molecule has 3 rings (SSSR count). The van der Waals surface area contributed by atoms with E-state index < -0.39 is 24.4 Å². The van der Waals surface area contributed by atoms with Crippen molar-refractivity contribution >= 4 is 11.7 Å². The van der Waals surface area contributed by atoms with Gasteiger partial charge in [0.1, 0.15) is 18.2 Å². The van der Waals surface area contributed by atoms with Crippen molar-refractivity contribution in [1.82, 2.24) is 0 Å². The molecule has 0 aliphatic carbocycles. The zero-order valence-electron chi connectivity index (χ0n) is 17.3. The molecule has 0 fully saturated rings. The van der Waals surface area contributed by atoms with Crippen LogP contribution in [0.15, 0.2) is 36.4 Å². The second-order valence-electron chi connectivity index (χ2n) is 7.33. The minimum atomic E-state index is -4.20. The fraction of sp³-hybridized carbons (Fsp3) is 0.409. The number of alkyl halides is 3. The Morgan fingerprint density at radius 2 is 1.94 bits per heavy atom. The SMILES string of the molecule is O=C([O-])CCc1ccc(OCc2ccc3c(c2)N(CCC(F)(F)F)CCC3)cc1F.[Na+]. The van der Waals surface area contributed by atoms with E-state index in [-0.39, 0.29) is 66.9 Å². The first-order valence-electron chi connectivity index (χ1n) is 9.76. The van der Waals surface area contributed by atoms with E-state index in [2.05, 4.69) is 0 Å². The van der Waals surface area contributed by atoms with Crippen LogP contribution in [0.3, 0.4) is 0 Å². The van der Waals surface area contributed by atoms with E-state index in [9.17, 15) is 27.5 Å². The van der Waals surface area contributed by atoms with Crippen molar-refractivity contribution in [3.63, 3.8) is 0 Å². The average Bonchev–Trinajstić information content (AvgIpc) is 2.69. The van der Waals surface area contributed by atoms with Crippen LogP contribution in [0.4, 0.5) is 23.2 Å². The Morgan fingerprint density at radius 1 is 1.16 bits per heavy atom. The monoisotopic (exact) mass is 447 g/mol. The van der Waals surface area contributed by atoms with E-state index >= 15 is 0 Å². The Bertz CT molecular complexity index is 905. The van der Waals surface area contributed by atoms with Gasteiger partial charge in [-0.3, -0.25) is 0 Å². The number of carbonyl (C=O) groups excluding carboxylic acids is 1. The number of carbonyl (C=O) groups is 1. The first kappa shape index (κ1) is 25.5. The Hall–Kier alpha value is -1.77. The molecule has 1 aliphatic heterocycles. The van der Waals surface area contributed by atoms with Gasteiger partial charge < -0.3 is 19.5 Å². The van der Waals surface area contributed by atoms with Gasteiger partial charge >= 0.3 is 35.7 Å². The number of aliphatic carboxylic acids is 1. The van der Waals surface area contributed by atoms with Gasteiger partial charge in [-0.25, -0.2) is 4.39 Å². The molecule has 4 nitrogen and oxygen atoms in total. The average molecular weight is 447 g/mol. The van der Waals surface area contributed by atoms with Crippen LogP contribution in [0.5, 0.6) is 5.75 Å². The minimum Gasteiger partial charge on any atom is -0.550 e. The molecule has 0 unspecified atom stereocenters. The van der Waals surface area contributed by atoms with Crippen LogP contribution in [0, 0.1) is 5.82 Å². The van der Waals surface area contributed by atoms with E-state index in [1.54, 1.807) is 11.0 Å². The van der Waals surface area contributed by atoms with Gasteiger partial charge in [-0.05, 0) is 54.5 Å². The molecule has 0 N–H and O–H groups in total. The summed E-state index contributed by atoms with van der Waals surface area (Å²) in [6, 6.07) is 9.81. The topological polar surface area (TPSA) is 52.6 Å². The van der Waals surface area contributed by atoms with Crippen LogP contribution in [0.2, 0.25) is 0 Å². The van der Waals surface area contributed by atoms with Crippen LogP contribution >= 0.6 is 0 Å². The summed E-state index contributed by atoms with van der Waals surface area (Å²) in [5, 5.41) is 10.5. The molecule has 31 heavy (non-hydrogen) atoms. The molecule has 0 aromatic heterocycles. The van der Waals surface area contributed by atoms with Gasteiger partial charge in [-0.1, -0.05) is 18.2 Å². The number of carboxylic acids is 1. The third-order valence-electron chi connectivity index (χ3n) is 5.06. The van der Waals surface area contributed by atoms with E-state index in [1.807, 2.05) is 18.2 Å². The molecule has 0 saturated heterocycles. The van der Waals surface area contributed by atoms with Gasteiger partial charge in [0.2, 0.25) is 0 Å². The number of hydrogen-bond donors (Lipinski definition) is 0. The molecular formula is C22H22F4NNaO3. The molecule has 0 radical (unpaired) electrons. The Balaban J connectivity index is 0.00000341. The Morgan fingerprint density at radius 3 is 2.61 bits per heavy atom. The van der Waals surface area contributed by atoms with Crippen molar-refractivity contribution in [3.8, 4) is 5.75 Å². The number of halogens is 4. The molecule has 0 atom stereocenters. The van der Waals surface area contributed by atoms with Gasteiger partial charge in [0, 0.05) is 30.8 Å². The van der Waals surface area contributed by atoms with Crippen LogP contribution in [0.25, 0.3) is 0 Å². The standard InChI is InChI=1S/C22H23F4NO3.Na/c23-19-13-18(7-5-16(19)6-8-21(28)29)30-14-15-3-4-17-2-1-10-27(20(17)12-15)11-9-22(24,25)26;/h3-5,7,12-13H,1-2,6,8-11,14H2,(H,28,29);/q;+1/p-1. The molecule has 162 valence electrons. The van der Waals surface area contributed by atoms with Crippen LogP contribution < -0.4 is 44.3 Å². The van der Waals surface area contributed by atoms with E-state index in [1.165, 1.54) is 12.1 Å². The summed E-state index contributed by atoms with van der Waals surface area (Å²) in [4.78, 5) is 12.3. The van der Waals surface area contributed by atoms with Crippen molar-refractivity contribution in [2.24, 2.45) is 0 Å². The normalized spacial score (nSPS) is 13.4. The van der Waals surface area contributed by atoms with E-state index in [4.69, 9.17) is 4.74 Å². The molecule has 0 bridgehead atoms. The van der Waals surface area contributed by atoms with Gasteiger partial charge in [-0.15, -0.1) is 0 Å². The summed E-state index contributed by atoms with van der Waals surface area (Å²) in [7, 11) is 0. The summed E-state index contributed by atoms with van der Waals surface area (Å²) < 4.78 is 57.6. The molecule has 9 heteroatoms. The second kappa shape index (κ2) is 11.2. The number of nitrogens with zero attached hydrogens (tertiary/aromatic N) is 1. The van der Waals surface area contributed by atoms with Crippen LogP contribution in [-0.4, -0.2) is 25.2 Å². The molecule has 1 aliphatic rings. The first-order valence-corrected chi connectivity index (χ1v) is 9.76. The molecule has 2 aromatic carbocycles. The quantitative estimate of drug-likeness (QED) is 0.444. The number of carboxylic acid groups (broad SMARTS) is 1. The van der Waals surface area contributed by atoms with Gasteiger partial charge in [0.25, 0.3) is 0 Å². The molecule has 0 saturated carbocycles. The van der Waals surface area contributed by atoms with Crippen molar-refractivity contribution in [1.29, 1.82) is 0 Å². The first-order chi connectivity index (χ1) is 14.2. The maximum Gasteiger partial charge on any atom is 1.00 e. The fourth-order valence-electron chi connectivity index (χ4n) is 3.50. The largest absolute Gasteiger partial charge is 1.00 e. The van der Waals surface area contributed by atoms with Crippen LogP contribution in [0.1, 0.15) is 36.0 Å². The number of hydrogen-bond acceptors (Lipinski definition) is 4. The maximum absolute atomic E-state index is 14.1. The number of fused-ring (bicyclic) bond motifs is 1. The summed E-state index contributed by atoms with van der Waals surface area (Å²) in [5.41, 5.74) is 2.83. The number of anilines is 1. The van der Waals surface area contributed by atoms with Gasteiger partial charge in [-0.2, -0.15) is 13.2 Å². The molecule has 0 spiro atoms. The van der Waals surface area contributed by atoms with Gasteiger partial charge in [0.15, 0.2) is 0 Å². The number of ether oxygens (including phenoxy) is 1. The zero-order chi connectivity index (χ0) is 21.7. The summed E-state index contributed by atoms with van der Waals surface area (Å²) in [6.07, 6.45) is -3.67. The zero-order valence-corrected chi connectivity index (χ0v) is 19.3. The van der Waals surface area contributed by atoms with Crippen molar-refractivity contribution < 1.29 is 61.8 Å². The summed E-state index contributed by atoms with van der Waals surface area (Å²) in [6.45, 7) is 0.628. The summed E-state index contributed by atoms with van der Waals surface area (Å²) >= 11 is 0. The number of benzene rings is 2. The molecular weight excluding hydrogens is 425 g/mol. The number of rotatable bonds is 8. The Kier molecular flexibility index (Phi) is 9.21. The molecule has 2 aromatic rings. The molecule has 0 amide bonds. The molecule has 1 heterocycles. The second-order valence-corrected chi connectivity index (χ2v) is 7.33. The minimum absolute atomic E-state index is 0. The predicted molar refractivity (Wildman–Crippen MR) is 102 cm³/mol. The summed E-state index contributed by atoms with van der Waals surface area (Å²) in [5.74, 6) is -1.51. The van der Waals surface area contributed by atoms with Crippen molar-refractivity contribution in [3.05, 3.63) is 58.9 Å². The predicted octanol–water partition coefficient (Wildman–Crippen LogP) is 0.796. The smallest absolute Gasteiger partial charge is 0.550 e. The Labute approximate surface area is 200 Å². The van der Waals surface area contributed by atoms with Gasteiger partial charge in [0.05, 0.1) is 6.42 Å². The number of aryl methyl sites for hydroxylation is 2. The van der Waals surface area contributed by atoms with E-state index in [0.717, 1.165) is 29.7 Å².